The second-order valence-electron chi connectivity index (χ2n) is 24.2. The fourth-order valence-electron chi connectivity index (χ4n) is 10.3. The highest BCUT2D eigenvalue weighted by molar-refractivity contribution is 7.99. The van der Waals surface area contributed by atoms with E-state index in [9.17, 15) is 48.3 Å². The van der Waals surface area contributed by atoms with E-state index in [1.807, 2.05) is 0 Å². The standard InChI is InChI=1S/C68H126N6O13S/c1-4-7-10-13-16-19-22-25-26-27-30-33-36-39-42-45-50-69-68(85)86-54-57(87-65(81)47-44-41-38-35-32-29-24-21-18-15-12-9-6-3)55-88-56-59(74-60(75)46-43-40-37-34-31-28-23-20-17-14-11-8-5-2)66(82)72-52-62(77)70-51-61(76)71-53-63(78)73-58(67(83)84)48-49-64(79)80/h57-59H,4-56H2,1-3H3,(H,69,85)(H,70,77)(H,71,76)(H,72,82)(H,73,78)(H,74,75)(H,79,80)(H,83,84)/t57-,58+,59+/m1/s1. The zero-order valence-corrected chi connectivity index (χ0v) is 56.3. The van der Waals surface area contributed by atoms with Crippen LogP contribution in [0.2, 0.25) is 0 Å². The molecule has 19 nitrogen and oxygen atoms in total. The van der Waals surface area contributed by atoms with Crippen LogP contribution in [0.15, 0.2) is 0 Å². The second kappa shape index (κ2) is 62.6. The number of unbranched alkanes of at least 4 members (excludes halogenated alkanes) is 39. The number of carboxylic acids is 2. The highest BCUT2D eigenvalue weighted by Gasteiger charge is 2.25. The molecule has 88 heavy (non-hydrogen) atoms. The van der Waals surface area contributed by atoms with Crippen molar-refractivity contribution in [3.8, 4) is 0 Å². The van der Waals surface area contributed by atoms with Gasteiger partial charge in [-0.1, -0.05) is 271 Å². The first-order valence-corrected chi connectivity index (χ1v) is 36.4. The van der Waals surface area contributed by atoms with E-state index in [0.717, 1.165) is 64.2 Å². The summed E-state index contributed by atoms with van der Waals surface area (Å²) < 4.78 is 11.5. The summed E-state index contributed by atoms with van der Waals surface area (Å²) in [6.07, 6.45) is 48.4. The third-order valence-corrected chi connectivity index (χ3v) is 17.0. The van der Waals surface area contributed by atoms with E-state index < -0.39 is 91.9 Å². The van der Waals surface area contributed by atoms with Gasteiger partial charge in [0.2, 0.25) is 29.5 Å². The van der Waals surface area contributed by atoms with Crippen LogP contribution in [0, 0.1) is 0 Å². The fraction of sp³-hybridized carbons (Fsp3) is 0.868. The zero-order chi connectivity index (χ0) is 64.8. The summed E-state index contributed by atoms with van der Waals surface area (Å²) in [5, 5.41) is 33.0. The molecule has 6 amide bonds. The zero-order valence-electron chi connectivity index (χ0n) is 55.5. The van der Waals surface area contributed by atoms with Gasteiger partial charge in [-0.3, -0.25) is 33.6 Å². The molecule has 0 saturated heterocycles. The van der Waals surface area contributed by atoms with Gasteiger partial charge in [0.1, 0.15) is 24.8 Å². The van der Waals surface area contributed by atoms with Gasteiger partial charge in [-0.25, -0.2) is 9.59 Å². The first-order chi connectivity index (χ1) is 42.7. The molecule has 0 unspecified atom stereocenters. The minimum absolute atomic E-state index is 0.0274. The van der Waals surface area contributed by atoms with E-state index in [-0.39, 0.29) is 43.3 Å². The number of amides is 6. The Hall–Kier alpha value is -4.62. The highest BCUT2D eigenvalue weighted by atomic mass is 32.2. The summed E-state index contributed by atoms with van der Waals surface area (Å²) in [4.78, 5) is 113. The maximum atomic E-state index is 13.7. The van der Waals surface area contributed by atoms with Crippen molar-refractivity contribution in [2.45, 2.75) is 334 Å². The van der Waals surface area contributed by atoms with Crippen molar-refractivity contribution < 1.29 is 62.8 Å². The predicted octanol–water partition coefficient (Wildman–Crippen LogP) is 13.8. The third kappa shape index (κ3) is 57.8. The number of carbonyl (C=O) groups excluding carboxylic acids is 7. The summed E-state index contributed by atoms with van der Waals surface area (Å²) in [5.41, 5.74) is 0. The lowest BCUT2D eigenvalue weighted by Crippen LogP contribution is -2.51. The van der Waals surface area contributed by atoms with Crippen molar-refractivity contribution >= 4 is 65.3 Å². The van der Waals surface area contributed by atoms with Gasteiger partial charge in [0, 0.05) is 37.3 Å². The first kappa shape index (κ1) is 83.4. The Morgan fingerprint density at radius 3 is 1.15 bits per heavy atom. The van der Waals surface area contributed by atoms with E-state index in [2.05, 4.69) is 52.7 Å². The minimum Gasteiger partial charge on any atom is -0.481 e. The number of ether oxygens (including phenoxy) is 2. The van der Waals surface area contributed by atoms with Crippen molar-refractivity contribution in [3.05, 3.63) is 0 Å². The van der Waals surface area contributed by atoms with Gasteiger partial charge in [-0.05, 0) is 25.7 Å². The number of carboxylic acid groups (broad SMARTS) is 2. The number of alkyl carbamates (subject to hydrolysis) is 1. The van der Waals surface area contributed by atoms with Crippen molar-refractivity contribution in [2.75, 3.05) is 44.3 Å². The molecule has 0 radical (unpaired) electrons. The van der Waals surface area contributed by atoms with Crippen LogP contribution in [-0.4, -0.2) is 126 Å². The minimum atomic E-state index is -1.48. The Labute approximate surface area is 536 Å². The Morgan fingerprint density at radius 2 is 0.739 bits per heavy atom. The van der Waals surface area contributed by atoms with Gasteiger partial charge >= 0.3 is 24.0 Å². The molecule has 512 valence electrons. The Balaban J connectivity index is 5.50. The number of carbonyl (C=O) groups is 9. The summed E-state index contributed by atoms with van der Waals surface area (Å²) in [6.45, 7) is 5.18. The molecule has 0 aromatic rings. The molecule has 0 aliphatic rings. The van der Waals surface area contributed by atoms with Crippen LogP contribution < -0.4 is 31.9 Å². The van der Waals surface area contributed by atoms with Crippen LogP contribution in [-0.2, 0) is 47.8 Å². The van der Waals surface area contributed by atoms with Gasteiger partial charge in [-0.15, -0.1) is 0 Å². The van der Waals surface area contributed by atoms with E-state index in [1.54, 1.807) is 0 Å². The van der Waals surface area contributed by atoms with Crippen molar-refractivity contribution in [2.24, 2.45) is 0 Å². The van der Waals surface area contributed by atoms with E-state index in [1.165, 1.54) is 204 Å². The largest absolute Gasteiger partial charge is 0.481 e. The molecule has 0 aliphatic heterocycles. The number of nitrogens with one attached hydrogen (secondary N) is 6. The summed E-state index contributed by atoms with van der Waals surface area (Å²) in [5.74, 6) is -6.35. The second-order valence-corrected chi connectivity index (χ2v) is 25.3. The Kier molecular flexibility index (Phi) is 59.3. The van der Waals surface area contributed by atoms with E-state index in [0.29, 0.717) is 19.4 Å². The molecule has 0 saturated carbocycles. The normalized spacial score (nSPS) is 12.1. The average Bonchev–Trinajstić information content (AvgIpc) is 3.55. The molecule has 20 heteroatoms. The molecule has 0 rings (SSSR count). The van der Waals surface area contributed by atoms with Gasteiger partial charge < -0.3 is 51.6 Å². The molecule has 3 atom stereocenters. The number of hydrogen-bond donors (Lipinski definition) is 8. The summed E-state index contributed by atoms with van der Waals surface area (Å²) in [7, 11) is 0. The Morgan fingerprint density at radius 1 is 0.375 bits per heavy atom. The molecule has 0 heterocycles. The molecular weight excluding hydrogens is 1140 g/mol. The fourth-order valence-corrected chi connectivity index (χ4v) is 11.4. The molecule has 0 aromatic heterocycles. The molecule has 0 aromatic carbocycles. The monoisotopic (exact) mass is 1270 g/mol. The topological polar surface area (TPSA) is 285 Å². The lowest BCUT2D eigenvalue weighted by molar-refractivity contribution is -0.150. The average molecular weight is 1270 g/mol. The molecule has 0 fully saturated rings. The van der Waals surface area contributed by atoms with Crippen molar-refractivity contribution in [1.82, 2.24) is 31.9 Å². The van der Waals surface area contributed by atoms with Crippen molar-refractivity contribution in [1.29, 1.82) is 0 Å². The number of hydrogen-bond acceptors (Lipinski definition) is 12. The van der Waals surface area contributed by atoms with E-state index >= 15 is 0 Å². The van der Waals surface area contributed by atoms with Crippen LogP contribution in [0.5, 0.6) is 0 Å². The lowest BCUT2D eigenvalue weighted by atomic mass is 10.0. The van der Waals surface area contributed by atoms with Gasteiger partial charge in [0.05, 0.1) is 19.6 Å². The lowest BCUT2D eigenvalue weighted by Gasteiger charge is -2.21. The summed E-state index contributed by atoms with van der Waals surface area (Å²) in [6, 6.07) is -2.58. The van der Waals surface area contributed by atoms with Crippen LogP contribution in [0.4, 0.5) is 4.79 Å². The number of thioether (sulfide) groups is 1. The van der Waals surface area contributed by atoms with Gasteiger partial charge in [-0.2, -0.15) is 11.8 Å². The maximum absolute atomic E-state index is 13.7. The smallest absolute Gasteiger partial charge is 0.407 e. The molecule has 8 N–H and O–H groups in total. The van der Waals surface area contributed by atoms with E-state index in [4.69, 9.17) is 14.6 Å². The maximum Gasteiger partial charge on any atom is 0.407 e. The molecular formula is C68H126N6O13S. The van der Waals surface area contributed by atoms with Crippen LogP contribution >= 0.6 is 11.8 Å². The third-order valence-electron chi connectivity index (χ3n) is 15.8. The quantitative estimate of drug-likeness (QED) is 0.0208. The van der Waals surface area contributed by atoms with Crippen molar-refractivity contribution in [3.63, 3.8) is 0 Å². The number of rotatable bonds is 65. The highest BCUT2D eigenvalue weighted by Crippen LogP contribution is 2.18. The van der Waals surface area contributed by atoms with Crippen LogP contribution in [0.25, 0.3) is 0 Å². The first-order valence-electron chi connectivity index (χ1n) is 35.2. The molecule has 0 aliphatic carbocycles. The molecule has 0 bridgehead atoms. The van der Waals surface area contributed by atoms with Crippen LogP contribution in [0.3, 0.4) is 0 Å². The predicted molar refractivity (Wildman–Crippen MR) is 354 cm³/mol. The number of esters is 1. The van der Waals surface area contributed by atoms with Gasteiger partial charge in [0.15, 0.2) is 0 Å². The SMILES string of the molecule is CCCCCCCCCCCCCCCCCCNC(=O)OC[C@H](CSC[C@H](NC(=O)CCCCCCCCCCCCCCC)C(=O)NCC(=O)NCC(=O)NCC(=O)N[C@@H](CCC(=O)O)C(=O)O)OC(=O)CCCCCCCCCCCCCCC. The van der Waals surface area contributed by atoms with Gasteiger partial charge in [0.25, 0.3) is 0 Å². The van der Waals surface area contributed by atoms with Crippen LogP contribution in [0.1, 0.15) is 316 Å². The molecule has 0 spiro atoms. The Bertz CT molecular complexity index is 1800. The summed E-state index contributed by atoms with van der Waals surface area (Å²) >= 11 is 1.23. The number of aliphatic carboxylic acids is 2.